The van der Waals surface area contributed by atoms with Crippen LogP contribution in [-0.4, -0.2) is 54.4 Å². The second kappa shape index (κ2) is 7.31. The SMILES string of the molecule is CCC(C)OCC(F)(F)C(F)(F)C(F)(F)C(F)(F)C(F)(F)C(F)(F)C(F)(F)F. The fraction of sp³-hybridized carbons (Fsp3) is 1.00. The van der Waals surface area contributed by atoms with E-state index in [0.717, 1.165) is 6.92 Å². The summed E-state index contributed by atoms with van der Waals surface area (Å²) in [5, 5.41) is 0. The lowest BCUT2D eigenvalue weighted by Crippen LogP contribution is -2.73. The third-order valence-corrected chi connectivity index (χ3v) is 3.52. The standard InChI is InChI=1S/C12H11F15O/c1-3-5(2)28-4-6(13,14)7(15,16)8(17,18)9(19,20)10(21,22)11(23,24)12(25,26)27/h5H,3-4H2,1-2H3. The highest BCUT2D eigenvalue weighted by Crippen LogP contribution is 2.62. The number of hydrogen-bond donors (Lipinski definition) is 0. The van der Waals surface area contributed by atoms with E-state index in [4.69, 9.17) is 0 Å². The van der Waals surface area contributed by atoms with Crippen molar-refractivity contribution in [3.63, 3.8) is 0 Å². The molecule has 0 rings (SSSR count). The molecule has 0 amide bonds. The Bertz CT molecular complexity index is 536. The summed E-state index contributed by atoms with van der Waals surface area (Å²) in [6.45, 7) is -0.607. The average Bonchev–Trinajstić information content (AvgIpc) is 2.50. The first-order valence-corrected chi connectivity index (χ1v) is 6.91. The maximum atomic E-state index is 13.3. The van der Waals surface area contributed by atoms with E-state index in [-0.39, 0.29) is 6.42 Å². The van der Waals surface area contributed by atoms with Gasteiger partial charge in [-0.1, -0.05) is 6.92 Å². The van der Waals surface area contributed by atoms with E-state index >= 15 is 0 Å². The Balaban J connectivity index is 6.24. The molecule has 0 saturated carbocycles. The summed E-state index contributed by atoms with van der Waals surface area (Å²) in [6.07, 6.45) is -9.13. The molecule has 0 aromatic carbocycles. The molecule has 1 unspecified atom stereocenters. The van der Waals surface area contributed by atoms with Crippen LogP contribution in [0.3, 0.4) is 0 Å². The topological polar surface area (TPSA) is 9.23 Å². The van der Waals surface area contributed by atoms with E-state index in [2.05, 4.69) is 4.74 Å². The van der Waals surface area contributed by atoms with Gasteiger partial charge in [-0.25, -0.2) is 0 Å². The monoisotopic (exact) mass is 456 g/mol. The maximum Gasteiger partial charge on any atom is 0.460 e. The van der Waals surface area contributed by atoms with E-state index in [1.165, 1.54) is 6.92 Å². The van der Waals surface area contributed by atoms with Crippen LogP contribution in [0.25, 0.3) is 0 Å². The van der Waals surface area contributed by atoms with Crippen molar-refractivity contribution in [1.82, 2.24) is 0 Å². The molecule has 0 radical (unpaired) electrons. The Labute approximate surface area is 146 Å². The van der Waals surface area contributed by atoms with E-state index in [9.17, 15) is 65.9 Å². The summed E-state index contributed by atoms with van der Waals surface area (Å²) >= 11 is 0. The molecular formula is C12H11F15O. The summed E-state index contributed by atoms with van der Waals surface area (Å²) in [5.41, 5.74) is 0. The Morgan fingerprint density at radius 3 is 1.21 bits per heavy atom. The van der Waals surface area contributed by atoms with Crippen molar-refractivity contribution in [3.8, 4) is 0 Å². The molecule has 16 heteroatoms. The number of rotatable bonds is 9. The van der Waals surface area contributed by atoms with Crippen LogP contribution in [-0.2, 0) is 4.74 Å². The summed E-state index contributed by atoms with van der Waals surface area (Å²) in [6, 6.07) is 0. The van der Waals surface area contributed by atoms with Crippen molar-refractivity contribution in [2.24, 2.45) is 0 Å². The van der Waals surface area contributed by atoms with Gasteiger partial charge in [-0.3, -0.25) is 0 Å². The number of halogens is 15. The molecule has 0 aliphatic carbocycles. The number of ether oxygens (including phenoxy) is 1. The molecule has 0 aromatic heterocycles. The molecule has 0 heterocycles. The highest BCUT2D eigenvalue weighted by atomic mass is 19.4. The van der Waals surface area contributed by atoms with Gasteiger partial charge in [-0.2, -0.15) is 65.9 Å². The fourth-order valence-corrected chi connectivity index (χ4v) is 1.45. The van der Waals surface area contributed by atoms with Crippen LogP contribution >= 0.6 is 0 Å². The molecule has 1 atom stereocenters. The summed E-state index contributed by atoms with van der Waals surface area (Å²) < 4.78 is 197. The van der Waals surface area contributed by atoms with E-state index in [1.54, 1.807) is 0 Å². The largest absolute Gasteiger partial charge is 0.460 e. The number of hydrogen-bond acceptors (Lipinski definition) is 1. The summed E-state index contributed by atoms with van der Waals surface area (Å²) in [7, 11) is 0. The van der Waals surface area contributed by atoms with Crippen LogP contribution in [0.2, 0.25) is 0 Å². The predicted octanol–water partition coefficient (Wildman–Crippen LogP) is 6.18. The van der Waals surface area contributed by atoms with Gasteiger partial charge in [0.25, 0.3) is 0 Å². The van der Waals surface area contributed by atoms with Gasteiger partial charge in [-0.15, -0.1) is 0 Å². The second-order valence-corrected chi connectivity index (χ2v) is 5.60. The van der Waals surface area contributed by atoms with Gasteiger partial charge in [0.1, 0.15) is 6.61 Å². The molecule has 0 N–H and O–H groups in total. The van der Waals surface area contributed by atoms with Crippen molar-refractivity contribution < 1.29 is 70.6 Å². The minimum absolute atomic E-state index is 0.190. The molecule has 28 heavy (non-hydrogen) atoms. The van der Waals surface area contributed by atoms with Crippen LogP contribution in [0.1, 0.15) is 20.3 Å². The molecule has 0 aliphatic heterocycles. The third-order valence-electron chi connectivity index (χ3n) is 3.52. The van der Waals surface area contributed by atoms with Crippen LogP contribution in [0.5, 0.6) is 0 Å². The maximum absolute atomic E-state index is 13.3. The van der Waals surface area contributed by atoms with Crippen LogP contribution < -0.4 is 0 Å². The van der Waals surface area contributed by atoms with Gasteiger partial charge < -0.3 is 4.74 Å². The van der Waals surface area contributed by atoms with E-state index in [0.29, 0.717) is 0 Å². The normalized spacial score (nSPS) is 17.0. The van der Waals surface area contributed by atoms with Crippen molar-refractivity contribution in [2.45, 2.75) is 68.1 Å². The van der Waals surface area contributed by atoms with E-state index in [1.807, 2.05) is 0 Å². The molecule has 0 fully saturated rings. The van der Waals surface area contributed by atoms with Crippen LogP contribution in [0.15, 0.2) is 0 Å². The van der Waals surface area contributed by atoms with Crippen molar-refractivity contribution in [2.75, 3.05) is 6.61 Å². The zero-order valence-corrected chi connectivity index (χ0v) is 13.6. The smallest absolute Gasteiger partial charge is 0.372 e. The minimum Gasteiger partial charge on any atom is -0.372 e. The van der Waals surface area contributed by atoms with Crippen molar-refractivity contribution in [1.29, 1.82) is 0 Å². The second-order valence-electron chi connectivity index (χ2n) is 5.60. The first-order chi connectivity index (χ1) is 12.0. The lowest BCUT2D eigenvalue weighted by molar-refractivity contribution is -0.453. The zero-order chi connectivity index (χ0) is 23.2. The third kappa shape index (κ3) is 3.84. The molecule has 1 nitrogen and oxygen atoms in total. The first-order valence-electron chi connectivity index (χ1n) is 6.91. The predicted molar refractivity (Wildman–Crippen MR) is 61.4 cm³/mol. The molecule has 0 aliphatic rings. The summed E-state index contributed by atoms with van der Waals surface area (Å²) in [5.74, 6) is -46.4. The van der Waals surface area contributed by atoms with Gasteiger partial charge in [0.2, 0.25) is 0 Å². The molecule has 0 aromatic rings. The Kier molecular flexibility index (Phi) is 7.02. The molecule has 0 bridgehead atoms. The highest BCUT2D eigenvalue weighted by molar-refractivity contribution is 5.13. The minimum atomic E-state index is -8.26. The molecule has 0 saturated heterocycles. The lowest BCUT2D eigenvalue weighted by atomic mass is 9.91. The quantitative estimate of drug-likeness (QED) is 0.377. The van der Waals surface area contributed by atoms with Gasteiger partial charge in [0, 0.05) is 0 Å². The van der Waals surface area contributed by atoms with Gasteiger partial charge >= 0.3 is 41.7 Å². The lowest BCUT2D eigenvalue weighted by Gasteiger charge is -2.41. The van der Waals surface area contributed by atoms with Crippen LogP contribution in [0.4, 0.5) is 65.9 Å². The van der Waals surface area contributed by atoms with Crippen molar-refractivity contribution >= 4 is 0 Å². The molecular weight excluding hydrogens is 445 g/mol. The van der Waals surface area contributed by atoms with Gasteiger partial charge in [-0.05, 0) is 13.3 Å². The van der Waals surface area contributed by atoms with Gasteiger partial charge in [0.15, 0.2) is 0 Å². The Hall–Kier alpha value is -1.09. The molecule has 170 valence electrons. The first kappa shape index (κ1) is 26.9. The highest BCUT2D eigenvalue weighted by Gasteiger charge is 2.93. The zero-order valence-electron chi connectivity index (χ0n) is 13.6. The Morgan fingerprint density at radius 1 is 0.571 bits per heavy atom. The summed E-state index contributed by atoms with van der Waals surface area (Å²) in [4.78, 5) is 0. The Morgan fingerprint density at radius 2 is 0.893 bits per heavy atom. The van der Waals surface area contributed by atoms with Gasteiger partial charge in [0.05, 0.1) is 6.10 Å². The molecule has 0 spiro atoms. The van der Waals surface area contributed by atoms with Crippen molar-refractivity contribution in [3.05, 3.63) is 0 Å². The van der Waals surface area contributed by atoms with Crippen LogP contribution in [0, 0.1) is 0 Å². The van der Waals surface area contributed by atoms with E-state index < -0.39 is 54.4 Å². The fourth-order valence-electron chi connectivity index (χ4n) is 1.45. The number of alkyl halides is 15. The average molecular weight is 456 g/mol.